The second-order valence-electron chi connectivity index (χ2n) is 6.72. The summed E-state index contributed by atoms with van der Waals surface area (Å²) in [5, 5.41) is 3.14. The Hall–Kier alpha value is -3.48. The second-order valence-corrected chi connectivity index (χ2v) is 6.72. The molecule has 0 radical (unpaired) electrons. The highest BCUT2D eigenvalue weighted by atomic mass is 16.6. The van der Waals surface area contributed by atoms with Crippen LogP contribution in [0.2, 0.25) is 0 Å². The number of carbonyl (C=O) groups is 2. The van der Waals surface area contributed by atoms with E-state index in [1.807, 2.05) is 6.92 Å². The van der Waals surface area contributed by atoms with E-state index in [2.05, 4.69) is 5.32 Å². The average molecular weight is 394 g/mol. The number of imide groups is 1. The predicted molar refractivity (Wildman–Crippen MR) is 108 cm³/mol. The van der Waals surface area contributed by atoms with Crippen LogP contribution < -0.4 is 19.5 Å². The van der Waals surface area contributed by atoms with E-state index in [0.29, 0.717) is 60.3 Å². The summed E-state index contributed by atoms with van der Waals surface area (Å²) in [6.07, 6.45) is 0.685. The molecule has 0 spiro atoms. The number of hydrogen-bond acceptors (Lipinski definition) is 6. The van der Waals surface area contributed by atoms with Gasteiger partial charge in [-0.1, -0.05) is 19.1 Å². The largest absolute Gasteiger partial charge is 0.497 e. The summed E-state index contributed by atoms with van der Waals surface area (Å²) in [5.74, 6) is 1.31. The predicted octanol–water partition coefficient (Wildman–Crippen LogP) is 3.07. The summed E-state index contributed by atoms with van der Waals surface area (Å²) in [5.41, 5.74) is 1.91. The van der Waals surface area contributed by atoms with Crippen LogP contribution >= 0.6 is 0 Å². The highest BCUT2D eigenvalue weighted by Crippen LogP contribution is 2.35. The molecule has 0 aromatic heterocycles. The SMILES string of the molecule is CCCN1C(=O)C(Nc2ccc3c(c2)OCCO3)=C(c2ccc(OC)cc2)C1=O. The van der Waals surface area contributed by atoms with Crippen molar-refractivity contribution in [2.24, 2.45) is 0 Å². The number of ether oxygens (including phenoxy) is 3. The lowest BCUT2D eigenvalue weighted by atomic mass is 10.0. The Bertz CT molecular complexity index is 981. The molecule has 29 heavy (non-hydrogen) atoms. The molecule has 0 saturated heterocycles. The summed E-state index contributed by atoms with van der Waals surface area (Å²) in [6, 6.07) is 12.4. The van der Waals surface area contributed by atoms with Gasteiger partial charge in [-0.3, -0.25) is 14.5 Å². The maximum atomic E-state index is 13.0. The molecule has 2 aliphatic heterocycles. The van der Waals surface area contributed by atoms with Crippen molar-refractivity contribution in [3.8, 4) is 17.2 Å². The molecule has 0 atom stereocenters. The van der Waals surface area contributed by atoms with Crippen LogP contribution in [0.3, 0.4) is 0 Å². The van der Waals surface area contributed by atoms with E-state index in [0.717, 1.165) is 0 Å². The minimum atomic E-state index is -0.336. The first-order valence-electron chi connectivity index (χ1n) is 9.54. The molecule has 0 saturated carbocycles. The molecule has 2 amide bonds. The van der Waals surface area contributed by atoms with Crippen molar-refractivity contribution in [3.05, 3.63) is 53.7 Å². The number of carbonyl (C=O) groups excluding carboxylic acids is 2. The van der Waals surface area contributed by atoms with Gasteiger partial charge in [0.2, 0.25) is 0 Å². The molecular weight excluding hydrogens is 372 g/mol. The Labute approximate surface area is 168 Å². The van der Waals surface area contributed by atoms with Crippen LogP contribution in [-0.4, -0.2) is 43.6 Å². The smallest absolute Gasteiger partial charge is 0.278 e. The quantitative estimate of drug-likeness (QED) is 0.759. The standard InChI is InChI=1S/C22H22N2O5/c1-3-10-24-21(25)19(14-4-7-16(27-2)8-5-14)20(22(24)26)23-15-6-9-17-18(13-15)29-12-11-28-17/h4-9,13,23H,3,10-12H2,1-2H3. The van der Waals surface area contributed by atoms with Crippen molar-refractivity contribution in [2.45, 2.75) is 13.3 Å². The van der Waals surface area contributed by atoms with Crippen molar-refractivity contribution < 1.29 is 23.8 Å². The third-order valence-corrected chi connectivity index (χ3v) is 4.81. The summed E-state index contributed by atoms with van der Waals surface area (Å²) < 4.78 is 16.4. The highest BCUT2D eigenvalue weighted by molar-refractivity contribution is 6.36. The first-order valence-corrected chi connectivity index (χ1v) is 9.54. The molecule has 2 aliphatic rings. The number of fused-ring (bicyclic) bond motifs is 1. The van der Waals surface area contributed by atoms with Gasteiger partial charge >= 0.3 is 0 Å². The van der Waals surface area contributed by atoms with Gasteiger partial charge in [0.25, 0.3) is 11.8 Å². The molecular formula is C22H22N2O5. The third-order valence-electron chi connectivity index (χ3n) is 4.81. The van der Waals surface area contributed by atoms with Crippen LogP contribution in [0.25, 0.3) is 5.57 Å². The van der Waals surface area contributed by atoms with Crippen LogP contribution in [0.4, 0.5) is 5.69 Å². The van der Waals surface area contributed by atoms with E-state index in [4.69, 9.17) is 14.2 Å². The molecule has 7 heteroatoms. The average Bonchev–Trinajstić information content (AvgIpc) is 2.98. The number of methoxy groups -OCH3 is 1. The molecule has 7 nitrogen and oxygen atoms in total. The van der Waals surface area contributed by atoms with E-state index in [9.17, 15) is 9.59 Å². The van der Waals surface area contributed by atoms with E-state index < -0.39 is 0 Å². The number of nitrogens with zero attached hydrogens (tertiary/aromatic N) is 1. The van der Waals surface area contributed by atoms with Gasteiger partial charge in [0, 0.05) is 18.3 Å². The molecule has 2 heterocycles. The van der Waals surface area contributed by atoms with Crippen LogP contribution in [0.1, 0.15) is 18.9 Å². The lowest BCUT2D eigenvalue weighted by Gasteiger charge is -2.19. The lowest BCUT2D eigenvalue weighted by molar-refractivity contribution is -0.136. The highest BCUT2D eigenvalue weighted by Gasteiger charge is 2.38. The van der Waals surface area contributed by atoms with E-state index in [1.165, 1.54) is 4.90 Å². The third kappa shape index (κ3) is 3.51. The van der Waals surface area contributed by atoms with Gasteiger partial charge in [0.05, 0.1) is 12.7 Å². The van der Waals surface area contributed by atoms with Crippen LogP contribution in [-0.2, 0) is 9.59 Å². The summed E-state index contributed by atoms with van der Waals surface area (Å²) >= 11 is 0. The van der Waals surface area contributed by atoms with Gasteiger partial charge in [0.1, 0.15) is 24.7 Å². The zero-order valence-electron chi connectivity index (χ0n) is 16.4. The molecule has 2 aromatic carbocycles. The topological polar surface area (TPSA) is 77.1 Å². The van der Waals surface area contributed by atoms with Crippen molar-refractivity contribution >= 4 is 23.1 Å². The molecule has 2 aromatic rings. The molecule has 0 unspecified atom stereocenters. The molecule has 1 N–H and O–H groups in total. The molecule has 0 aliphatic carbocycles. The zero-order chi connectivity index (χ0) is 20.4. The monoisotopic (exact) mass is 394 g/mol. The van der Waals surface area contributed by atoms with Gasteiger partial charge in [-0.05, 0) is 36.2 Å². The minimum Gasteiger partial charge on any atom is -0.497 e. The summed E-state index contributed by atoms with van der Waals surface area (Å²) in [4.78, 5) is 27.3. The summed E-state index contributed by atoms with van der Waals surface area (Å²) in [6.45, 7) is 3.27. The molecule has 150 valence electrons. The number of benzene rings is 2. The summed E-state index contributed by atoms with van der Waals surface area (Å²) in [7, 11) is 1.58. The van der Waals surface area contributed by atoms with E-state index in [-0.39, 0.29) is 17.5 Å². The maximum Gasteiger partial charge on any atom is 0.278 e. The Balaban J connectivity index is 1.73. The van der Waals surface area contributed by atoms with E-state index in [1.54, 1.807) is 49.6 Å². The number of hydrogen-bond donors (Lipinski definition) is 1. The Morgan fingerprint density at radius 3 is 2.41 bits per heavy atom. The molecule has 0 fully saturated rings. The number of anilines is 1. The Kier molecular flexibility index (Phi) is 5.12. The minimum absolute atomic E-state index is 0.255. The fourth-order valence-corrected chi connectivity index (χ4v) is 3.41. The Morgan fingerprint density at radius 2 is 1.72 bits per heavy atom. The van der Waals surface area contributed by atoms with Gasteiger partial charge < -0.3 is 19.5 Å². The first kappa shape index (κ1) is 18.9. The normalized spacial score (nSPS) is 15.7. The van der Waals surface area contributed by atoms with Gasteiger partial charge in [-0.15, -0.1) is 0 Å². The second kappa shape index (κ2) is 7.87. The fraction of sp³-hybridized carbons (Fsp3) is 0.273. The van der Waals surface area contributed by atoms with Crippen LogP contribution in [0.15, 0.2) is 48.2 Å². The van der Waals surface area contributed by atoms with E-state index >= 15 is 0 Å². The van der Waals surface area contributed by atoms with Gasteiger partial charge in [-0.25, -0.2) is 0 Å². The molecule has 4 rings (SSSR count). The van der Waals surface area contributed by atoms with Crippen LogP contribution in [0.5, 0.6) is 17.2 Å². The lowest BCUT2D eigenvalue weighted by Crippen LogP contribution is -2.33. The van der Waals surface area contributed by atoms with Crippen LogP contribution in [0, 0.1) is 0 Å². The zero-order valence-corrected chi connectivity index (χ0v) is 16.4. The van der Waals surface area contributed by atoms with Crippen molar-refractivity contribution in [1.82, 2.24) is 4.90 Å². The van der Waals surface area contributed by atoms with Crippen molar-refractivity contribution in [2.75, 3.05) is 32.2 Å². The van der Waals surface area contributed by atoms with Gasteiger partial charge in [-0.2, -0.15) is 0 Å². The fourth-order valence-electron chi connectivity index (χ4n) is 3.41. The first-order chi connectivity index (χ1) is 14.1. The van der Waals surface area contributed by atoms with Crippen molar-refractivity contribution in [3.63, 3.8) is 0 Å². The number of rotatable bonds is 6. The van der Waals surface area contributed by atoms with Gasteiger partial charge in [0.15, 0.2) is 11.5 Å². The van der Waals surface area contributed by atoms with Crippen molar-refractivity contribution in [1.29, 1.82) is 0 Å². The number of nitrogens with one attached hydrogen (secondary N) is 1. The molecule has 0 bridgehead atoms. The number of amides is 2. The maximum absolute atomic E-state index is 13.0. The Morgan fingerprint density at radius 1 is 1.00 bits per heavy atom.